The molecule has 3 heterocycles. The molecule has 0 unspecified atom stereocenters. The van der Waals surface area contributed by atoms with Crippen LogP contribution < -0.4 is 0 Å². The van der Waals surface area contributed by atoms with Gasteiger partial charge in [-0.2, -0.15) is 10.0 Å². The Balaban J connectivity index is 1.75. The summed E-state index contributed by atoms with van der Waals surface area (Å²) in [7, 11) is -3.57. The lowest BCUT2D eigenvalue weighted by Crippen LogP contribution is -2.35. The number of benzene rings is 1. The van der Waals surface area contributed by atoms with Gasteiger partial charge in [-0.1, -0.05) is 11.6 Å². The van der Waals surface area contributed by atoms with Crippen LogP contribution in [0.15, 0.2) is 46.0 Å². The van der Waals surface area contributed by atoms with Crippen molar-refractivity contribution < 1.29 is 13.2 Å². The molecule has 2 aliphatic rings. The molecule has 0 saturated carbocycles. The number of nitrogens with one attached hydrogen (secondary N) is 1. The van der Waals surface area contributed by atoms with Crippen molar-refractivity contribution in [1.29, 1.82) is 5.41 Å². The van der Waals surface area contributed by atoms with Crippen LogP contribution >= 0.6 is 23.4 Å². The van der Waals surface area contributed by atoms with Crippen LogP contribution in [0.25, 0.3) is 11.8 Å². The lowest BCUT2D eigenvalue weighted by Gasteiger charge is -2.20. The fourth-order valence-electron chi connectivity index (χ4n) is 3.20. The van der Waals surface area contributed by atoms with Crippen molar-refractivity contribution in [2.45, 2.75) is 13.8 Å². The molecule has 0 fully saturated rings. The molecule has 1 N–H and O–H groups in total. The molecule has 0 bridgehead atoms. The molecule has 2 aromatic rings. The van der Waals surface area contributed by atoms with Crippen LogP contribution in [-0.4, -0.2) is 45.5 Å². The largest absolute Gasteiger partial charge is 0.318 e. The van der Waals surface area contributed by atoms with Crippen molar-refractivity contribution in [3.05, 3.63) is 57.9 Å². The fraction of sp³-hybridized carbons (Fsp3) is 0.158. The smallest absolute Gasteiger partial charge is 0.283 e. The molecular weight excluding hydrogens is 446 g/mol. The van der Waals surface area contributed by atoms with Crippen molar-refractivity contribution in [2.24, 2.45) is 10.1 Å². The standard InChI is InChI=1S/C19H16ClN5O3S2/c1-10-8-12(11(2)24(10)14-6-4-13(20)5-7-14)9-15-16(21)25-18(22-17(15)26)29-19(23-25)30(3,27)28/h4-9,21H,1-3H3/b15-9-,21-16?. The van der Waals surface area contributed by atoms with E-state index >= 15 is 0 Å². The van der Waals surface area contributed by atoms with Gasteiger partial charge in [0.25, 0.3) is 5.91 Å². The van der Waals surface area contributed by atoms with E-state index in [1.165, 1.54) is 0 Å². The maximum Gasteiger partial charge on any atom is 0.283 e. The Bertz CT molecular complexity index is 1300. The molecule has 0 aliphatic carbocycles. The summed E-state index contributed by atoms with van der Waals surface area (Å²) in [5.41, 5.74) is 3.51. The molecule has 0 atom stereocenters. The average Bonchev–Trinajstić information content (AvgIpc) is 3.21. The highest BCUT2D eigenvalue weighted by Crippen LogP contribution is 2.31. The Kier molecular flexibility index (Phi) is 4.95. The van der Waals surface area contributed by atoms with Gasteiger partial charge >= 0.3 is 0 Å². The third-order valence-electron chi connectivity index (χ3n) is 4.61. The van der Waals surface area contributed by atoms with E-state index in [1.807, 2.05) is 36.6 Å². The first-order chi connectivity index (χ1) is 14.1. The van der Waals surface area contributed by atoms with E-state index in [4.69, 9.17) is 17.0 Å². The van der Waals surface area contributed by atoms with Gasteiger partial charge in [0.05, 0.1) is 5.57 Å². The molecule has 8 nitrogen and oxygen atoms in total. The molecule has 4 rings (SSSR count). The summed E-state index contributed by atoms with van der Waals surface area (Å²) in [6.45, 7) is 3.85. The van der Waals surface area contributed by atoms with Gasteiger partial charge in [0.15, 0.2) is 5.84 Å². The molecule has 30 heavy (non-hydrogen) atoms. The zero-order chi connectivity index (χ0) is 21.8. The van der Waals surface area contributed by atoms with Crippen molar-refractivity contribution >= 4 is 60.6 Å². The molecule has 0 radical (unpaired) electrons. The van der Waals surface area contributed by atoms with Gasteiger partial charge in [-0.25, -0.2) is 8.42 Å². The summed E-state index contributed by atoms with van der Waals surface area (Å²) in [6, 6.07) is 9.29. The third kappa shape index (κ3) is 3.51. The van der Waals surface area contributed by atoms with Gasteiger partial charge in [0.2, 0.25) is 19.4 Å². The summed E-state index contributed by atoms with van der Waals surface area (Å²) in [5.74, 6) is -0.826. The molecule has 1 aromatic carbocycles. The minimum absolute atomic E-state index is 0.0363. The number of fused-ring (bicyclic) bond motifs is 1. The number of carbonyl (C=O) groups excluding carboxylic acids is 1. The number of aryl methyl sites for hydroxylation is 1. The number of rotatable bonds is 2. The Morgan fingerprint density at radius 1 is 1.20 bits per heavy atom. The first-order valence-corrected chi connectivity index (χ1v) is 11.8. The number of hydrazone groups is 1. The maximum absolute atomic E-state index is 12.6. The number of aliphatic imine (C=N–C) groups is 1. The summed E-state index contributed by atoms with van der Waals surface area (Å²) in [6.07, 6.45) is 2.60. The second kappa shape index (κ2) is 7.22. The molecule has 154 valence electrons. The topological polar surface area (TPSA) is 108 Å². The lowest BCUT2D eigenvalue weighted by atomic mass is 10.1. The van der Waals surface area contributed by atoms with Gasteiger partial charge < -0.3 is 4.57 Å². The highest BCUT2D eigenvalue weighted by Gasteiger charge is 2.38. The molecule has 1 aromatic heterocycles. The first-order valence-electron chi connectivity index (χ1n) is 8.71. The van der Waals surface area contributed by atoms with Crippen molar-refractivity contribution in [3.8, 4) is 5.69 Å². The second-order valence-corrected chi connectivity index (χ2v) is 10.4. The maximum atomic E-state index is 12.6. The Hall–Kier alpha value is -2.69. The Morgan fingerprint density at radius 3 is 2.50 bits per heavy atom. The second-order valence-electron chi connectivity index (χ2n) is 6.80. The number of amides is 1. The summed E-state index contributed by atoms with van der Waals surface area (Å²) in [4.78, 5) is 16.5. The monoisotopic (exact) mass is 461 g/mol. The highest BCUT2D eigenvalue weighted by atomic mass is 35.5. The summed E-state index contributed by atoms with van der Waals surface area (Å²) < 4.78 is 25.3. The predicted octanol–water partition coefficient (Wildman–Crippen LogP) is 3.37. The van der Waals surface area contributed by atoms with E-state index in [1.54, 1.807) is 18.2 Å². The average molecular weight is 462 g/mol. The van der Waals surface area contributed by atoms with Crippen molar-refractivity contribution in [1.82, 2.24) is 9.58 Å². The number of aromatic nitrogens is 1. The van der Waals surface area contributed by atoms with Crippen LogP contribution in [0.3, 0.4) is 0 Å². The normalized spacial score (nSPS) is 18.0. The molecule has 0 spiro atoms. The van der Waals surface area contributed by atoms with Crippen molar-refractivity contribution in [2.75, 3.05) is 6.26 Å². The molecule has 1 amide bonds. The van der Waals surface area contributed by atoms with E-state index in [0.717, 1.165) is 45.7 Å². The number of sulfone groups is 1. The van der Waals surface area contributed by atoms with Gasteiger partial charge in [0.1, 0.15) is 0 Å². The Labute approximate surface area is 182 Å². The fourth-order valence-corrected chi connectivity index (χ4v) is 5.01. The minimum Gasteiger partial charge on any atom is -0.318 e. The molecule has 2 aliphatic heterocycles. The van der Waals surface area contributed by atoms with Crippen LogP contribution in [0, 0.1) is 19.3 Å². The molecule has 0 saturated heterocycles. The van der Waals surface area contributed by atoms with Gasteiger partial charge in [-0.05, 0) is 67.6 Å². The quantitative estimate of drug-likeness (QED) is 0.690. The van der Waals surface area contributed by atoms with Gasteiger partial charge in [-0.15, -0.1) is 5.10 Å². The van der Waals surface area contributed by atoms with E-state index < -0.39 is 15.7 Å². The van der Waals surface area contributed by atoms with E-state index in [-0.39, 0.29) is 21.0 Å². The first kappa shape index (κ1) is 20.6. The highest BCUT2D eigenvalue weighted by molar-refractivity contribution is 8.42. The van der Waals surface area contributed by atoms with Gasteiger partial charge in [0, 0.05) is 28.4 Å². The zero-order valence-corrected chi connectivity index (χ0v) is 18.6. The van der Waals surface area contributed by atoms with Crippen LogP contribution in [0.1, 0.15) is 17.0 Å². The number of halogens is 1. The molecule has 11 heteroatoms. The van der Waals surface area contributed by atoms with Crippen molar-refractivity contribution in [3.63, 3.8) is 0 Å². The van der Waals surface area contributed by atoms with Crippen LogP contribution in [0.2, 0.25) is 5.02 Å². The van der Waals surface area contributed by atoms with Crippen LogP contribution in [-0.2, 0) is 14.6 Å². The Morgan fingerprint density at radius 2 is 1.87 bits per heavy atom. The van der Waals surface area contributed by atoms with E-state index in [9.17, 15) is 13.2 Å². The van der Waals surface area contributed by atoms with E-state index in [0.29, 0.717) is 5.02 Å². The van der Waals surface area contributed by atoms with E-state index in [2.05, 4.69) is 10.1 Å². The predicted molar refractivity (Wildman–Crippen MR) is 120 cm³/mol. The van der Waals surface area contributed by atoms with Crippen LogP contribution in [0.5, 0.6) is 0 Å². The number of nitrogens with zero attached hydrogens (tertiary/aromatic N) is 4. The number of carbonyl (C=O) groups is 1. The molecular formula is C19H16ClN5O3S2. The van der Waals surface area contributed by atoms with Gasteiger partial charge in [-0.3, -0.25) is 10.2 Å². The SMILES string of the molecule is Cc1cc(/C=C2/C(=N)N3N=C(S(C)(=O)=O)SC3=NC2=O)c(C)n1-c1ccc(Cl)cc1. The summed E-state index contributed by atoms with van der Waals surface area (Å²) in [5, 5.41) is 14.1. The number of thioether (sulfide) groups is 1. The summed E-state index contributed by atoms with van der Waals surface area (Å²) >= 11 is 6.74. The van der Waals surface area contributed by atoms with Crippen LogP contribution in [0.4, 0.5) is 0 Å². The number of hydrogen-bond donors (Lipinski definition) is 1. The third-order valence-corrected chi connectivity index (χ3v) is 7.44. The number of amidine groups is 2. The minimum atomic E-state index is -3.57. The lowest BCUT2D eigenvalue weighted by molar-refractivity contribution is -0.114. The zero-order valence-electron chi connectivity index (χ0n) is 16.2. The number of hydrogen-bond acceptors (Lipinski definition) is 6.